The molecule has 1 heterocycles. The van der Waals surface area contributed by atoms with Crippen LogP contribution in [0.15, 0.2) is 34.9 Å². The van der Waals surface area contributed by atoms with Gasteiger partial charge in [0.15, 0.2) is 0 Å². The number of carboxylic acid groups (broad SMARTS) is 1. The zero-order valence-electron chi connectivity index (χ0n) is 11.0. The van der Waals surface area contributed by atoms with E-state index in [1.807, 2.05) is 12.1 Å². The molecule has 2 rings (SSSR count). The van der Waals surface area contributed by atoms with Crippen molar-refractivity contribution in [2.24, 2.45) is 0 Å². The molecule has 0 aliphatic rings. The van der Waals surface area contributed by atoms with Crippen molar-refractivity contribution in [2.75, 3.05) is 12.4 Å². The number of hydrogen-bond acceptors (Lipinski definition) is 4. The average Bonchev–Trinajstić information content (AvgIpc) is 2.38. The van der Waals surface area contributed by atoms with Gasteiger partial charge in [0.1, 0.15) is 11.3 Å². The van der Waals surface area contributed by atoms with Crippen LogP contribution in [-0.2, 0) is 0 Å². The number of methoxy groups -OCH3 is 1. The Kier molecular flexibility index (Phi) is 4.24. The number of aromatic carboxylic acids is 1. The van der Waals surface area contributed by atoms with E-state index in [1.54, 1.807) is 26.2 Å². The largest absolute Gasteiger partial charge is 0.496 e. The van der Waals surface area contributed by atoms with Crippen molar-refractivity contribution in [3.8, 4) is 5.75 Å². The highest BCUT2D eigenvalue weighted by atomic mass is 79.9. The molecule has 0 saturated carbocycles. The van der Waals surface area contributed by atoms with Gasteiger partial charge >= 0.3 is 5.97 Å². The number of pyridine rings is 1. The normalized spacial score (nSPS) is 10.2. The van der Waals surface area contributed by atoms with Crippen molar-refractivity contribution in [3.63, 3.8) is 0 Å². The topological polar surface area (TPSA) is 71.5 Å². The Balaban J connectivity index is 2.36. The highest BCUT2D eigenvalue weighted by molar-refractivity contribution is 9.10. The Hall–Kier alpha value is -2.08. The summed E-state index contributed by atoms with van der Waals surface area (Å²) in [6.07, 6.45) is 1.35. The monoisotopic (exact) mass is 336 g/mol. The molecule has 2 aromatic rings. The quantitative estimate of drug-likeness (QED) is 0.892. The molecule has 20 heavy (non-hydrogen) atoms. The molecule has 0 amide bonds. The second-order valence-corrected chi connectivity index (χ2v) is 5.01. The number of rotatable bonds is 4. The smallest absolute Gasteiger partial charge is 0.339 e. The van der Waals surface area contributed by atoms with Gasteiger partial charge in [0.2, 0.25) is 0 Å². The molecule has 1 aromatic heterocycles. The van der Waals surface area contributed by atoms with Gasteiger partial charge in [0, 0.05) is 17.6 Å². The molecule has 0 spiro atoms. The van der Waals surface area contributed by atoms with Crippen LogP contribution in [0, 0.1) is 6.92 Å². The molecule has 0 radical (unpaired) electrons. The van der Waals surface area contributed by atoms with Crippen LogP contribution in [-0.4, -0.2) is 23.2 Å². The first-order valence-corrected chi connectivity index (χ1v) is 6.61. The van der Waals surface area contributed by atoms with E-state index >= 15 is 0 Å². The zero-order valence-corrected chi connectivity index (χ0v) is 12.6. The number of benzene rings is 1. The van der Waals surface area contributed by atoms with Crippen LogP contribution >= 0.6 is 15.9 Å². The van der Waals surface area contributed by atoms with E-state index in [-0.39, 0.29) is 5.56 Å². The number of carbonyl (C=O) groups is 1. The van der Waals surface area contributed by atoms with E-state index in [2.05, 4.69) is 26.2 Å². The minimum Gasteiger partial charge on any atom is -0.496 e. The molecule has 0 aliphatic carbocycles. The summed E-state index contributed by atoms with van der Waals surface area (Å²) in [7, 11) is 1.59. The van der Waals surface area contributed by atoms with Gasteiger partial charge < -0.3 is 15.2 Å². The molecule has 0 bridgehead atoms. The summed E-state index contributed by atoms with van der Waals surface area (Å²) in [6.45, 7) is 1.81. The molecule has 6 heteroatoms. The number of ether oxygens (including phenoxy) is 1. The minimum atomic E-state index is -1.02. The third-order valence-corrected chi connectivity index (χ3v) is 3.32. The summed E-state index contributed by atoms with van der Waals surface area (Å²) in [6, 6.07) is 7.12. The highest BCUT2D eigenvalue weighted by Crippen LogP contribution is 2.30. The van der Waals surface area contributed by atoms with Crippen molar-refractivity contribution in [3.05, 3.63) is 46.2 Å². The molecular weight excluding hydrogens is 324 g/mol. The Bertz CT molecular complexity index is 659. The van der Waals surface area contributed by atoms with Crippen molar-refractivity contribution < 1.29 is 14.6 Å². The lowest BCUT2D eigenvalue weighted by molar-refractivity contribution is 0.0697. The molecule has 0 unspecified atom stereocenters. The standard InChI is InChI=1S/C14H13BrN2O3/c1-8-5-12(10(7-16-8)14(18)19)17-9-3-4-13(20-2)11(15)6-9/h3-7H,1-2H3,(H,16,17)(H,18,19). The number of anilines is 2. The molecule has 0 fully saturated rings. The van der Waals surface area contributed by atoms with Crippen LogP contribution in [0.2, 0.25) is 0 Å². The molecule has 0 saturated heterocycles. The number of nitrogens with zero attached hydrogens (tertiary/aromatic N) is 1. The van der Waals surface area contributed by atoms with E-state index in [0.29, 0.717) is 11.4 Å². The number of aryl methyl sites for hydroxylation is 1. The van der Waals surface area contributed by atoms with E-state index in [0.717, 1.165) is 15.9 Å². The second kappa shape index (κ2) is 5.92. The van der Waals surface area contributed by atoms with Gasteiger partial charge in [-0.05, 0) is 47.1 Å². The number of hydrogen-bond donors (Lipinski definition) is 2. The maximum absolute atomic E-state index is 11.2. The SMILES string of the molecule is COc1ccc(Nc2cc(C)ncc2C(=O)O)cc1Br. The zero-order chi connectivity index (χ0) is 14.7. The number of aromatic nitrogens is 1. The van der Waals surface area contributed by atoms with E-state index in [1.165, 1.54) is 6.20 Å². The predicted octanol–water partition coefficient (Wildman–Crippen LogP) is 3.60. The van der Waals surface area contributed by atoms with Crippen LogP contribution in [0.5, 0.6) is 5.75 Å². The first kappa shape index (κ1) is 14.3. The lowest BCUT2D eigenvalue weighted by Gasteiger charge is -2.11. The number of halogens is 1. The van der Waals surface area contributed by atoms with Crippen molar-refractivity contribution in [1.82, 2.24) is 4.98 Å². The summed E-state index contributed by atoms with van der Waals surface area (Å²) in [5.74, 6) is -0.313. The van der Waals surface area contributed by atoms with Gasteiger partial charge in [-0.1, -0.05) is 0 Å². The van der Waals surface area contributed by atoms with Gasteiger partial charge in [-0.25, -0.2) is 4.79 Å². The summed E-state index contributed by atoms with van der Waals surface area (Å²) < 4.78 is 5.94. The summed E-state index contributed by atoms with van der Waals surface area (Å²) in [4.78, 5) is 15.2. The number of nitrogens with one attached hydrogen (secondary N) is 1. The molecule has 1 aromatic carbocycles. The van der Waals surface area contributed by atoms with Gasteiger partial charge in [-0.3, -0.25) is 4.98 Å². The van der Waals surface area contributed by atoms with Crippen molar-refractivity contribution >= 4 is 33.3 Å². The van der Waals surface area contributed by atoms with Crippen molar-refractivity contribution in [1.29, 1.82) is 0 Å². The lowest BCUT2D eigenvalue weighted by atomic mass is 10.2. The Labute approximate surface area is 124 Å². The van der Waals surface area contributed by atoms with Gasteiger partial charge in [0.25, 0.3) is 0 Å². The highest BCUT2D eigenvalue weighted by Gasteiger charge is 2.11. The fraction of sp³-hybridized carbons (Fsp3) is 0.143. The van der Waals surface area contributed by atoms with Gasteiger partial charge in [0.05, 0.1) is 17.3 Å². The lowest BCUT2D eigenvalue weighted by Crippen LogP contribution is -2.04. The maximum atomic E-state index is 11.2. The maximum Gasteiger partial charge on any atom is 0.339 e. The molecule has 5 nitrogen and oxygen atoms in total. The van der Waals surface area contributed by atoms with Crippen LogP contribution in [0.3, 0.4) is 0 Å². The average molecular weight is 337 g/mol. The van der Waals surface area contributed by atoms with Gasteiger partial charge in [-0.15, -0.1) is 0 Å². The minimum absolute atomic E-state index is 0.127. The first-order chi connectivity index (χ1) is 9.51. The van der Waals surface area contributed by atoms with Crippen LogP contribution in [0.25, 0.3) is 0 Å². The second-order valence-electron chi connectivity index (χ2n) is 4.15. The van der Waals surface area contributed by atoms with Crippen LogP contribution in [0.4, 0.5) is 11.4 Å². The summed E-state index contributed by atoms with van der Waals surface area (Å²) in [5, 5.41) is 12.2. The summed E-state index contributed by atoms with van der Waals surface area (Å²) in [5.41, 5.74) is 2.13. The molecule has 104 valence electrons. The molecule has 0 atom stereocenters. The third-order valence-electron chi connectivity index (χ3n) is 2.70. The van der Waals surface area contributed by atoms with Crippen LogP contribution < -0.4 is 10.1 Å². The summed E-state index contributed by atoms with van der Waals surface area (Å²) >= 11 is 3.39. The number of carboxylic acids is 1. The fourth-order valence-electron chi connectivity index (χ4n) is 1.73. The molecular formula is C14H13BrN2O3. The third kappa shape index (κ3) is 3.08. The van der Waals surface area contributed by atoms with Gasteiger partial charge in [-0.2, -0.15) is 0 Å². The Morgan fingerprint density at radius 3 is 2.75 bits per heavy atom. The first-order valence-electron chi connectivity index (χ1n) is 5.81. The predicted molar refractivity (Wildman–Crippen MR) is 79.9 cm³/mol. The van der Waals surface area contributed by atoms with E-state index in [4.69, 9.17) is 9.84 Å². The Morgan fingerprint density at radius 2 is 2.15 bits per heavy atom. The Morgan fingerprint density at radius 1 is 1.40 bits per heavy atom. The van der Waals surface area contributed by atoms with Crippen LogP contribution in [0.1, 0.15) is 16.1 Å². The fourth-order valence-corrected chi connectivity index (χ4v) is 2.27. The van der Waals surface area contributed by atoms with E-state index < -0.39 is 5.97 Å². The van der Waals surface area contributed by atoms with Crippen molar-refractivity contribution in [2.45, 2.75) is 6.92 Å². The van der Waals surface area contributed by atoms with E-state index in [9.17, 15) is 4.79 Å². The molecule has 2 N–H and O–H groups in total. The molecule has 0 aliphatic heterocycles.